The van der Waals surface area contributed by atoms with Gasteiger partial charge in [0, 0.05) is 12.2 Å². The summed E-state index contributed by atoms with van der Waals surface area (Å²) < 4.78 is 5.36. The Hall–Kier alpha value is -1.32. The van der Waals surface area contributed by atoms with Gasteiger partial charge in [-0.2, -0.15) is 0 Å². The van der Waals surface area contributed by atoms with Crippen molar-refractivity contribution in [1.29, 1.82) is 0 Å². The number of hydrogen-bond donors (Lipinski definition) is 1. The summed E-state index contributed by atoms with van der Waals surface area (Å²) in [5, 5.41) is 8.47. The quantitative estimate of drug-likeness (QED) is 0.569. The van der Waals surface area contributed by atoms with E-state index in [2.05, 4.69) is 27.7 Å². The molecule has 0 fully saturated rings. The first-order chi connectivity index (χ1) is 8.65. The summed E-state index contributed by atoms with van der Waals surface area (Å²) in [6.07, 6.45) is 4.29. The van der Waals surface area contributed by atoms with Gasteiger partial charge in [-0.25, -0.2) is 9.59 Å². The van der Waals surface area contributed by atoms with E-state index >= 15 is 0 Å². The van der Waals surface area contributed by atoms with Crippen LogP contribution in [0.1, 0.15) is 53.9 Å². The Balaban J connectivity index is 4.55. The minimum absolute atomic E-state index is 0.157. The highest BCUT2D eigenvalue weighted by atomic mass is 16.5. The van der Waals surface area contributed by atoms with Crippen LogP contribution in [0.2, 0.25) is 0 Å². The zero-order valence-corrected chi connectivity index (χ0v) is 12.6. The van der Waals surface area contributed by atoms with Crippen LogP contribution in [-0.2, 0) is 14.3 Å². The number of carbonyl (C=O) groups excluding carboxylic acids is 1. The Kier molecular flexibility index (Phi) is 7.42. The Morgan fingerprint density at radius 2 is 1.84 bits per heavy atom. The molecule has 2 unspecified atom stereocenters. The third kappa shape index (κ3) is 9.28. The molecule has 0 bridgehead atoms. The lowest BCUT2D eigenvalue weighted by atomic mass is 9.82. The van der Waals surface area contributed by atoms with Gasteiger partial charge in [-0.15, -0.1) is 0 Å². The van der Waals surface area contributed by atoms with E-state index in [0.29, 0.717) is 0 Å². The van der Waals surface area contributed by atoms with Gasteiger partial charge in [0.1, 0.15) is 6.10 Å². The third-order valence-corrected chi connectivity index (χ3v) is 2.77. The molecular weight excluding hydrogens is 244 g/mol. The highest BCUT2D eigenvalue weighted by molar-refractivity contribution is 5.90. The van der Waals surface area contributed by atoms with Crippen LogP contribution in [-0.4, -0.2) is 23.1 Å². The topological polar surface area (TPSA) is 63.6 Å². The van der Waals surface area contributed by atoms with E-state index in [1.807, 2.05) is 6.92 Å². The van der Waals surface area contributed by atoms with Crippen molar-refractivity contribution in [3.05, 3.63) is 12.2 Å². The Morgan fingerprint density at radius 1 is 1.26 bits per heavy atom. The van der Waals surface area contributed by atoms with Gasteiger partial charge in [-0.3, -0.25) is 0 Å². The van der Waals surface area contributed by atoms with Gasteiger partial charge in [-0.1, -0.05) is 41.0 Å². The van der Waals surface area contributed by atoms with E-state index in [-0.39, 0.29) is 17.4 Å². The lowest BCUT2D eigenvalue weighted by Gasteiger charge is -2.29. The summed E-state index contributed by atoms with van der Waals surface area (Å²) in [5.74, 6) is -1.48. The molecule has 0 spiro atoms. The maximum Gasteiger partial charge on any atom is 0.331 e. The number of ether oxygens (including phenoxy) is 1. The monoisotopic (exact) mass is 270 g/mol. The second-order valence-corrected chi connectivity index (χ2v) is 6.18. The van der Waals surface area contributed by atoms with Gasteiger partial charge in [-0.05, 0) is 24.2 Å². The molecule has 4 nitrogen and oxygen atoms in total. The normalized spacial score (nSPS) is 15.2. The standard InChI is InChI=1S/C15H26O4/c1-6-7-12(11(2)10-15(3,4)5)19-14(18)9-8-13(16)17/h8-9,11-12H,6-7,10H2,1-5H3,(H,16,17)/b9-8+. The van der Waals surface area contributed by atoms with E-state index in [1.165, 1.54) is 0 Å². The molecule has 0 aromatic carbocycles. The highest BCUT2D eigenvalue weighted by Gasteiger charge is 2.24. The lowest BCUT2D eigenvalue weighted by molar-refractivity contribution is -0.147. The van der Waals surface area contributed by atoms with Crippen LogP contribution in [0.3, 0.4) is 0 Å². The third-order valence-electron chi connectivity index (χ3n) is 2.77. The van der Waals surface area contributed by atoms with Gasteiger partial charge in [0.25, 0.3) is 0 Å². The Bertz CT molecular complexity index is 326. The zero-order chi connectivity index (χ0) is 15.1. The first-order valence-electron chi connectivity index (χ1n) is 6.77. The highest BCUT2D eigenvalue weighted by Crippen LogP contribution is 2.28. The van der Waals surface area contributed by atoms with E-state index in [4.69, 9.17) is 9.84 Å². The molecule has 110 valence electrons. The van der Waals surface area contributed by atoms with Crippen LogP contribution >= 0.6 is 0 Å². The fraction of sp³-hybridized carbons (Fsp3) is 0.733. The number of rotatable bonds is 7. The number of carbonyl (C=O) groups is 2. The van der Waals surface area contributed by atoms with Gasteiger partial charge < -0.3 is 9.84 Å². The summed E-state index contributed by atoms with van der Waals surface area (Å²) in [7, 11) is 0. The molecule has 0 aromatic rings. The summed E-state index contributed by atoms with van der Waals surface area (Å²) >= 11 is 0. The fourth-order valence-corrected chi connectivity index (χ4v) is 2.17. The molecule has 2 atom stereocenters. The second-order valence-electron chi connectivity index (χ2n) is 6.18. The molecule has 0 saturated carbocycles. The van der Waals surface area contributed by atoms with Gasteiger partial charge >= 0.3 is 11.9 Å². The minimum Gasteiger partial charge on any atom is -0.478 e. The Morgan fingerprint density at radius 3 is 2.26 bits per heavy atom. The summed E-state index contributed by atoms with van der Waals surface area (Å²) in [5.41, 5.74) is 0.175. The van der Waals surface area contributed by atoms with E-state index in [0.717, 1.165) is 31.4 Å². The first kappa shape index (κ1) is 17.7. The van der Waals surface area contributed by atoms with Crippen LogP contribution in [0.5, 0.6) is 0 Å². The van der Waals surface area contributed by atoms with E-state index < -0.39 is 11.9 Å². The number of esters is 1. The second kappa shape index (κ2) is 7.97. The van der Waals surface area contributed by atoms with Crippen molar-refractivity contribution in [1.82, 2.24) is 0 Å². The molecule has 0 rings (SSSR count). The van der Waals surface area contributed by atoms with Gasteiger partial charge in [0.15, 0.2) is 0 Å². The molecule has 0 heterocycles. The van der Waals surface area contributed by atoms with Crippen LogP contribution in [0.15, 0.2) is 12.2 Å². The van der Waals surface area contributed by atoms with E-state index in [1.54, 1.807) is 0 Å². The molecule has 0 aliphatic carbocycles. The summed E-state index contributed by atoms with van der Waals surface area (Å²) in [6.45, 7) is 10.6. The van der Waals surface area contributed by atoms with Crippen LogP contribution in [0.25, 0.3) is 0 Å². The molecular formula is C15H26O4. The van der Waals surface area contributed by atoms with Crippen molar-refractivity contribution in [3.63, 3.8) is 0 Å². The molecule has 19 heavy (non-hydrogen) atoms. The summed E-state index contributed by atoms with van der Waals surface area (Å²) in [6, 6.07) is 0. The van der Waals surface area contributed by atoms with Crippen molar-refractivity contribution in [3.8, 4) is 0 Å². The first-order valence-corrected chi connectivity index (χ1v) is 6.77. The molecule has 0 aliphatic rings. The molecule has 1 N–H and O–H groups in total. The molecule has 0 amide bonds. The van der Waals surface area contributed by atoms with Crippen molar-refractivity contribution >= 4 is 11.9 Å². The zero-order valence-electron chi connectivity index (χ0n) is 12.6. The molecule has 0 aliphatic heterocycles. The molecule has 0 saturated heterocycles. The average molecular weight is 270 g/mol. The minimum atomic E-state index is -1.15. The number of carboxylic acids is 1. The van der Waals surface area contributed by atoms with E-state index in [9.17, 15) is 9.59 Å². The molecule has 0 radical (unpaired) electrons. The Labute approximate surface area is 115 Å². The lowest BCUT2D eigenvalue weighted by Crippen LogP contribution is -2.27. The largest absolute Gasteiger partial charge is 0.478 e. The predicted molar refractivity (Wildman–Crippen MR) is 74.8 cm³/mol. The maximum absolute atomic E-state index is 11.5. The van der Waals surface area contributed by atoms with Crippen molar-refractivity contribution in [2.45, 2.75) is 60.0 Å². The van der Waals surface area contributed by atoms with Crippen molar-refractivity contribution < 1.29 is 19.4 Å². The van der Waals surface area contributed by atoms with Gasteiger partial charge in [0.05, 0.1) is 0 Å². The number of aliphatic carboxylic acids is 1. The van der Waals surface area contributed by atoms with Crippen LogP contribution in [0, 0.1) is 11.3 Å². The van der Waals surface area contributed by atoms with Crippen molar-refractivity contribution in [2.24, 2.45) is 11.3 Å². The smallest absolute Gasteiger partial charge is 0.331 e. The SMILES string of the molecule is CCCC(OC(=O)/C=C/C(=O)O)C(C)CC(C)(C)C. The van der Waals surface area contributed by atoms with Gasteiger partial charge in [0.2, 0.25) is 0 Å². The fourth-order valence-electron chi connectivity index (χ4n) is 2.17. The summed E-state index contributed by atoms with van der Waals surface area (Å²) in [4.78, 5) is 21.9. The average Bonchev–Trinajstić information content (AvgIpc) is 2.23. The van der Waals surface area contributed by atoms with Crippen molar-refractivity contribution in [2.75, 3.05) is 0 Å². The molecule has 0 aromatic heterocycles. The van der Waals surface area contributed by atoms with Crippen LogP contribution in [0.4, 0.5) is 0 Å². The molecule has 4 heteroatoms. The number of hydrogen-bond acceptors (Lipinski definition) is 3. The number of carboxylic acid groups (broad SMARTS) is 1. The predicted octanol–water partition coefficient (Wildman–Crippen LogP) is 3.41. The van der Waals surface area contributed by atoms with Crippen LogP contribution < -0.4 is 0 Å². The maximum atomic E-state index is 11.5.